The van der Waals surface area contributed by atoms with Crippen LogP contribution in [0.3, 0.4) is 0 Å². The number of ether oxygens (including phenoxy) is 1. The molecule has 0 saturated carbocycles. The van der Waals surface area contributed by atoms with E-state index in [1.165, 1.54) is 12.3 Å². The molecule has 1 N–H and O–H groups in total. The second kappa shape index (κ2) is 6.57. The normalized spacial score (nSPS) is 18.9. The van der Waals surface area contributed by atoms with E-state index in [-0.39, 0.29) is 23.5 Å². The average Bonchev–Trinajstić information content (AvgIpc) is 2.91. The predicted octanol–water partition coefficient (Wildman–Crippen LogP) is 0.915. The first-order valence-corrected chi connectivity index (χ1v) is 7.26. The van der Waals surface area contributed by atoms with Crippen molar-refractivity contribution in [2.75, 3.05) is 19.7 Å². The number of aromatic hydroxyl groups is 1. The first-order valence-electron chi connectivity index (χ1n) is 7.26. The van der Waals surface area contributed by atoms with Crippen molar-refractivity contribution in [3.05, 3.63) is 42.5 Å². The average molecular weight is 302 g/mol. The van der Waals surface area contributed by atoms with Gasteiger partial charge in [0.25, 0.3) is 5.91 Å². The van der Waals surface area contributed by atoms with Gasteiger partial charge in [-0.2, -0.15) is 5.10 Å². The molecule has 0 radical (unpaired) electrons. The standard InChI is InChI=1S/C15H18N4O3/c20-13-4-1-5-16-14(13)15(21)18-7-3-9-22-12(10-18)11-19-8-2-6-17-19/h1-2,4-6,8,12,20H,3,7,9-11H2/t12-/m1/s1. The van der Waals surface area contributed by atoms with Gasteiger partial charge in [0.2, 0.25) is 0 Å². The SMILES string of the molecule is O=C(c1ncccc1O)N1CCCO[C@@H](Cn2cccn2)C1. The third kappa shape index (κ3) is 3.25. The number of hydrogen-bond donors (Lipinski definition) is 1. The van der Waals surface area contributed by atoms with Crippen LogP contribution >= 0.6 is 0 Å². The molecule has 3 heterocycles. The lowest BCUT2D eigenvalue weighted by Gasteiger charge is -2.23. The highest BCUT2D eigenvalue weighted by atomic mass is 16.5. The van der Waals surface area contributed by atoms with Crippen molar-refractivity contribution in [2.24, 2.45) is 0 Å². The fourth-order valence-corrected chi connectivity index (χ4v) is 2.52. The summed E-state index contributed by atoms with van der Waals surface area (Å²) >= 11 is 0. The Morgan fingerprint density at radius 2 is 2.32 bits per heavy atom. The number of pyridine rings is 1. The molecule has 1 aliphatic heterocycles. The third-order valence-electron chi connectivity index (χ3n) is 3.58. The lowest BCUT2D eigenvalue weighted by Crippen LogP contribution is -2.39. The quantitative estimate of drug-likeness (QED) is 0.911. The van der Waals surface area contributed by atoms with Gasteiger partial charge < -0.3 is 14.7 Å². The summed E-state index contributed by atoms with van der Waals surface area (Å²) in [6.45, 7) is 2.23. The maximum absolute atomic E-state index is 12.5. The summed E-state index contributed by atoms with van der Waals surface area (Å²) in [5.41, 5.74) is 0.0854. The van der Waals surface area contributed by atoms with Crippen LogP contribution in [-0.2, 0) is 11.3 Å². The van der Waals surface area contributed by atoms with Gasteiger partial charge in [0, 0.05) is 38.3 Å². The minimum absolute atomic E-state index is 0.0854. The van der Waals surface area contributed by atoms with E-state index >= 15 is 0 Å². The Labute approximate surface area is 128 Å². The molecular formula is C15H18N4O3. The van der Waals surface area contributed by atoms with Crippen LogP contribution in [0.2, 0.25) is 0 Å². The largest absolute Gasteiger partial charge is 0.505 e. The molecule has 7 nitrogen and oxygen atoms in total. The summed E-state index contributed by atoms with van der Waals surface area (Å²) in [4.78, 5) is 18.2. The van der Waals surface area contributed by atoms with Gasteiger partial charge in [-0.15, -0.1) is 0 Å². The monoisotopic (exact) mass is 302 g/mol. The van der Waals surface area contributed by atoms with Crippen molar-refractivity contribution >= 4 is 5.91 Å². The molecule has 7 heteroatoms. The Morgan fingerprint density at radius 1 is 1.41 bits per heavy atom. The Hall–Kier alpha value is -2.41. The van der Waals surface area contributed by atoms with E-state index < -0.39 is 0 Å². The summed E-state index contributed by atoms with van der Waals surface area (Å²) in [7, 11) is 0. The Balaban J connectivity index is 1.72. The minimum atomic E-state index is -0.269. The molecule has 0 spiro atoms. The molecule has 1 fully saturated rings. The fourth-order valence-electron chi connectivity index (χ4n) is 2.52. The van der Waals surface area contributed by atoms with E-state index in [0.29, 0.717) is 26.2 Å². The number of rotatable bonds is 3. The smallest absolute Gasteiger partial charge is 0.276 e. The van der Waals surface area contributed by atoms with Gasteiger partial charge in [-0.3, -0.25) is 9.48 Å². The minimum Gasteiger partial charge on any atom is -0.505 e. The third-order valence-corrected chi connectivity index (χ3v) is 3.58. The van der Waals surface area contributed by atoms with Crippen molar-refractivity contribution in [3.63, 3.8) is 0 Å². The van der Waals surface area contributed by atoms with Crippen LogP contribution < -0.4 is 0 Å². The van der Waals surface area contributed by atoms with Crippen molar-refractivity contribution in [1.29, 1.82) is 0 Å². The molecular weight excluding hydrogens is 284 g/mol. The summed E-state index contributed by atoms with van der Waals surface area (Å²) < 4.78 is 7.57. The summed E-state index contributed by atoms with van der Waals surface area (Å²) in [6, 6.07) is 4.92. The zero-order chi connectivity index (χ0) is 15.4. The number of nitrogens with zero attached hydrogens (tertiary/aromatic N) is 4. The van der Waals surface area contributed by atoms with E-state index in [4.69, 9.17) is 4.74 Å². The molecule has 2 aromatic rings. The van der Waals surface area contributed by atoms with Crippen LogP contribution in [0.1, 0.15) is 16.9 Å². The van der Waals surface area contributed by atoms with Gasteiger partial charge >= 0.3 is 0 Å². The van der Waals surface area contributed by atoms with Crippen molar-refractivity contribution in [2.45, 2.75) is 19.1 Å². The Morgan fingerprint density at radius 3 is 3.09 bits per heavy atom. The maximum atomic E-state index is 12.5. The predicted molar refractivity (Wildman–Crippen MR) is 78.4 cm³/mol. The van der Waals surface area contributed by atoms with Crippen LogP contribution in [0.5, 0.6) is 5.75 Å². The Kier molecular flexibility index (Phi) is 4.34. The van der Waals surface area contributed by atoms with Gasteiger partial charge in [0.1, 0.15) is 5.75 Å². The van der Waals surface area contributed by atoms with Crippen LogP contribution in [0, 0.1) is 0 Å². The van der Waals surface area contributed by atoms with Crippen molar-refractivity contribution < 1.29 is 14.6 Å². The highest BCUT2D eigenvalue weighted by molar-refractivity contribution is 5.94. The molecule has 1 amide bonds. The molecule has 3 rings (SSSR count). The van der Waals surface area contributed by atoms with Crippen molar-refractivity contribution in [1.82, 2.24) is 19.7 Å². The number of amides is 1. The maximum Gasteiger partial charge on any atom is 0.276 e. The highest BCUT2D eigenvalue weighted by Crippen LogP contribution is 2.17. The highest BCUT2D eigenvalue weighted by Gasteiger charge is 2.26. The van der Waals surface area contributed by atoms with Gasteiger partial charge in [0.05, 0.1) is 12.6 Å². The molecule has 0 aromatic carbocycles. The number of hydrogen-bond acceptors (Lipinski definition) is 5. The van der Waals surface area contributed by atoms with E-state index in [1.807, 2.05) is 12.3 Å². The molecule has 1 aliphatic rings. The first-order chi connectivity index (χ1) is 10.7. The topological polar surface area (TPSA) is 80.5 Å². The number of aromatic nitrogens is 3. The molecule has 2 aromatic heterocycles. The molecule has 0 unspecified atom stereocenters. The van der Waals surface area contributed by atoms with Gasteiger partial charge in [0.15, 0.2) is 5.69 Å². The van der Waals surface area contributed by atoms with Crippen LogP contribution in [0.25, 0.3) is 0 Å². The summed E-state index contributed by atoms with van der Waals surface area (Å²) in [5, 5.41) is 14.0. The zero-order valence-electron chi connectivity index (χ0n) is 12.1. The lowest BCUT2D eigenvalue weighted by atomic mass is 10.2. The molecule has 1 atom stereocenters. The van der Waals surface area contributed by atoms with E-state index in [9.17, 15) is 9.90 Å². The fraction of sp³-hybridized carbons (Fsp3) is 0.400. The molecule has 22 heavy (non-hydrogen) atoms. The molecule has 1 saturated heterocycles. The first kappa shape index (κ1) is 14.5. The molecule has 0 aliphatic carbocycles. The second-order valence-corrected chi connectivity index (χ2v) is 5.20. The summed E-state index contributed by atoms with van der Waals surface area (Å²) in [5.74, 6) is -0.365. The van der Waals surface area contributed by atoms with Crippen LogP contribution in [-0.4, -0.2) is 56.5 Å². The van der Waals surface area contributed by atoms with Crippen molar-refractivity contribution in [3.8, 4) is 5.75 Å². The van der Waals surface area contributed by atoms with E-state index in [2.05, 4.69) is 10.1 Å². The number of carbonyl (C=O) groups excluding carboxylic acids is 1. The molecule has 116 valence electrons. The van der Waals surface area contributed by atoms with E-state index in [1.54, 1.807) is 21.8 Å². The van der Waals surface area contributed by atoms with Gasteiger partial charge in [-0.1, -0.05) is 0 Å². The number of carbonyl (C=O) groups is 1. The van der Waals surface area contributed by atoms with Crippen LogP contribution in [0.4, 0.5) is 0 Å². The summed E-state index contributed by atoms with van der Waals surface area (Å²) in [6.07, 6.45) is 5.71. The van der Waals surface area contributed by atoms with E-state index in [0.717, 1.165) is 6.42 Å². The van der Waals surface area contributed by atoms with Gasteiger partial charge in [-0.05, 0) is 24.6 Å². The Bertz CT molecular complexity index is 629. The molecule has 0 bridgehead atoms. The second-order valence-electron chi connectivity index (χ2n) is 5.20. The van der Waals surface area contributed by atoms with Gasteiger partial charge in [-0.25, -0.2) is 4.98 Å². The zero-order valence-corrected chi connectivity index (χ0v) is 12.1. The van der Waals surface area contributed by atoms with Crippen LogP contribution in [0.15, 0.2) is 36.8 Å². The lowest BCUT2D eigenvalue weighted by molar-refractivity contribution is 0.0364.